The Kier molecular flexibility index (Phi) is 5.27. The molecule has 3 aromatic rings. The van der Waals surface area contributed by atoms with E-state index in [1.807, 2.05) is 18.2 Å². The zero-order valence-corrected chi connectivity index (χ0v) is 13.2. The Balaban J connectivity index is 1.79. The highest BCUT2D eigenvalue weighted by Crippen LogP contribution is 2.21. The van der Waals surface area contributed by atoms with Crippen LogP contribution in [0.4, 0.5) is 0 Å². The second-order valence-electron chi connectivity index (χ2n) is 5.62. The molecule has 0 aliphatic rings. The van der Waals surface area contributed by atoms with Crippen LogP contribution < -0.4 is 0 Å². The van der Waals surface area contributed by atoms with Gasteiger partial charge < -0.3 is 0 Å². The molecule has 0 heterocycles. The number of hydrogen-bond donors (Lipinski definition) is 0. The minimum Gasteiger partial charge on any atom is -0.0897 e. The Morgan fingerprint density at radius 2 is 1.22 bits per heavy atom. The molecule has 0 spiro atoms. The smallest absolute Gasteiger partial charge is 0.0459 e. The van der Waals surface area contributed by atoms with Crippen molar-refractivity contribution in [3.05, 3.63) is 108 Å². The first-order valence-electron chi connectivity index (χ1n) is 8.07. The lowest BCUT2D eigenvalue weighted by Gasteiger charge is -2.11. The Bertz CT molecular complexity index is 762. The maximum atomic E-state index is 3.47. The van der Waals surface area contributed by atoms with E-state index in [4.69, 9.17) is 0 Å². The van der Waals surface area contributed by atoms with Crippen LogP contribution in [0.15, 0.2) is 91.0 Å². The van der Waals surface area contributed by atoms with Crippen molar-refractivity contribution in [2.24, 2.45) is 0 Å². The summed E-state index contributed by atoms with van der Waals surface area (Å²) in [5.74, 6) is 7.06. The predicted molar refractivity (Wildman–Crippen MR) is 97.3 cm³/mol. The van der Waals surface area contributed by atoms with Crippen LogP contribution in [-0.4, -0.2) is 0 Å². The monoisotopic (exact) mass is 296 g/mol. The van der Waals surface area contributed by atoms with Crippen LogP contribution in [-0.2, 0) is 6.42 Å². The zero-order chi connectivity index (χ0) is 15.7. The second-order valence-corrected chi connectivity index (χ2v) is 5.62. The largest absolute Gasteiger partial charge is 0.0897 e. The predicted octanol–water partition coefficient (Wildman–Crippen LogP) is 5.45. The summed E-state index contributed by atoms with van der Waals surface area (Å²) in [7, 11) is 0. The molecule has 3 rings (SSSR count). The lowest BCUT2D eigenvalue weighted by molar-refractivity contribution is 0.754. The number of aryl methyl sites for hydroxylation is 1. The molecule has 0 aliphatic heterocycles. The van der Waals surface area contributed by atoms with Crippen LogP contribution in [0, 0.1) is 11.8 Å². The summed E-state index contributed by atoms with van der Waals surface area (Å²) in [6.07, 6.45) is 2.08. The van der Waals surface area contributed by atoms with Gasteiger partial charge in [0, 0.05) is 11.5 Å². The van der Waals surface area contributed by atoms with Crippen molar-refractivity contribution in [2.45, 2.75) is 18.8 Å². The highest BCUT2D eigenvalue weighted by atomic mass is 14.1. The summed E-state index contributed by atoms with van der Waals surface area (Å²) in [6, 6.07) is 31.4. The third-order valence-corrected chi connectivity index (χ3v) is 3.93. The van der Waals surface area contributed by atoms with Crippen LogP contribution in [0.25, 0.3) is 0 Å². The van der Waals surface area contributed by atoms with Crippen molar-refractivity contribution in [1.29, 1.82) is 0 Å². The van der Waals surface area contributed by atoms with E-state index in [1.54, 1.807) is 0 Å². The van der Waals surface area contributed by atoms with Crippen molar-refractivity contribution in [3.63, 3.8) is 0 Å². The van der Waals surface area contributed by atoms with E-state index in [2.05, 4.69) is 84.6 Å². The number of hydrogen-bond acceptors (Lipinski definition) is 0. The van der Waals surface area contributed by atoms with Gasteiger partial charge in [0.2, 0.25) is 0 Å². The van der Waals surface area contributed by atoms with Crippen LogP contribution >= 0.6 is 0 Å². The topological polar surface area (TPSA) is 0 Å². The molecule has 0 aromatic heterocycles. The normalized spacial score (nSPS) is 11.3. The Hall–Kier alpha value is -2.78. The van der Waals surface area contributed by atoms with Crippen molar-refractivity contribution in [3.8, 4) is 11.8 Å². The SMILES string of the molecule is C(#C[C@H](CCc1ccccc1)c1ccccc1)c1ccccc1. The minimum absolute atomic E-state index is 0.261. The van der Waals surface area contributed by atoms with E-state index >= 15 is 0 Å². The van der Waals surface area contributed by atoms with Gasteiger partial charge in [0.15, 0.2) is 0 Å². The van der Waals surface area contributed by atoms with E-state index in [0.717, 1.165) is 18.4 Å². The van der Waals surface area contributed by atoms with Gasteiger partial charge in [-0.15, -0.1) is 0 Å². The van der Waals surface area contributed by atoms with Crippen molar-refractivity contribution < 1.29 is 0 Å². The Morgan fingerprint density at radius 3 is 1.87 bits per heavy atom. The van der Waals surface area contributed by atoms with E-state index < -0.39 is 0 Å². The summed E-state index contributed by atoms with van der Waals surface area (Å²) in [5.41, 5.74) is 3.75. The van der Waals surface area contributed by atoms with Crippen LogP contribution in [0.5, 0.6) is 0 Å². The summed E-state index contributed by atoms with van der Waals surface area (Å²) in [6.45, 7) is 0. The van der Waals surface area contributed by atoms with Gasteiger partial charge in [-0.1, -0.05) is 90.7 Å². The van der Waals surface area contributed by atoms with Crippen molar-refractivity contribution in [2.75, 3.05) is 0 Å². The number of rotatable bonds is 4. The average molecular weight is 296 g/mol. The summed E-state index contributed by atoms with van der Waals surface area (Å²) in [4.78, 5) is 0. The highest BCUT2D eigenvalue weighted by molar-refractivity contribution is 5.38. The van der Waals surface area contributed by atoms with Crippen LogP contribution in [0.3, 0.4) is 0 Å². The lowest BCUT2D eigenvalue weighted by atomic mass is 9.92. The van der Waals surface area contributed by atoms with Gasteiger partial charge in [-0.05, 0) is 36.1 Å². The van der Waals surface area contributed by atoms with Gasteiger partial charge in [-0.3, -0.25) is 0 Å². The molecular weight excluding hydrogens is 276 g/mol. The molecule has 3 aromatic carbocycles. The standard InChI is InChI=1S/C23H20/c1-4-10-20(11-5-1)16-18-23(22-14-8-3-9-15-22)19-17-21-12-6-2-7-13-21/h1-15,23H,16,18H2/t23-/m0/s1. The molecule has 0 unspecified atom stereocenters. The molecular formula is C23H20. The van der Waals surface area contributed by atoms with Crippen molar-refractivity contribution in [1.82, 2.24) is 0 Å². The maximum absolute atomic E-state index is 3.47. The highest BCUT2D eigenvalue weighted by Gasteiger charge is 2.08. The first-order chi connectivity index (χ1) is 11.4. The fourth-order valence-electron chi connectivity index (χ4n) is 2.66. The van der Waals surface area contributed by atoms with Crippen molar-refractivity contribution >= 4 is 0 Å². The molecule has 112 valence electrons. The molecule has 0 nitrogen and oxygen atoms in total. The van der Waals surface area contributed by atoms with Gasteiger partial charge in [0.25, 0.3) is 0 Å². The molecule has 0 saturated heterocycles. The zero-order valence-electron chi connectivity index (χ0n) is 13.2. The minimum atomic E-state index is 0.261. The quantitative estimate of drug-likeness (QED) is 0.561. The average Bonchev–Trinajstić information content (AvgIpc) is 2.64. The van der Waals surface area contributed by atoms with E-state index in [0.29, 0.717) is 0 Å². The molecule has 0 bridgehead atoms. The fraction of sp³-hybridized carbons (Fsp3) is 0.130. The van der Waals surface area contributed by atoms with Crippen LogP contribution in [0.1, 0.15) is 29.0 Å². The molecule has 23 heavy (non-hydrogen) atoms. The van der Waals surface area contributed by atoms with Gasteiger partial charge in [-0.2, -0.15) is 0 Å². The Labute approximate surface area is 138 Å². The summed E-state index contributed by atoms with van der Waals surface area (Å²) < 4.78 is 0. The lowest BCUT2D eigenvalue weighted by Crippen LogP contribution is -1.98. The second kappa shape index (κ2) is 8.01. The molecule has 1 atom stereocenters. The first-order valence-corrected chi connectivity index (χ1v) is 8.07. The molecule has 0 amide bonds. The molecule has 0 aliphatic carbocycles. The van der Waals surface area contributed by atoms with Gasteiger partial charge >= 0.3 is 0 Å². The third kappa shape index (κ3) is 4.59. The molecule has 0 saturated carbocycles. The fourth-order valence-corrected chi connectivity index (χ4v) is 2.66. The third-order valence-electron chi connectivity index (χ3n) is 3.93. The molecule has 0 heteroatoms. The van der Waals surface area contributed by atoms with Gasteiger partial charge in [0.1, 0.15) is 0 Å². The van der Waals surface area contributed by atoms with E-state index in [9.17, 15) is 0 Å². The Morgan fingerprint density at radius 1 is 0.652 bits per heavy atom. The molecule has 0 N–H and O–H groups in total. The summed E-state index contributed by atoms with van der Waals surface area (Å²) >= 11 is 0. The first kappa shape index (κ1) is 15.1. The molecule has 0 radical (unpaired) electrons. The van der Waals surface area contributed by atoms with Crippen LogP contribution in [0.2, 0.25) is 0 Å². The van der Waals surface area contributed by atoms with Gasteiger partial charge in [0.05, 0.1) is 0 Å². The van der Waals surface area contributed by atoms with Gasteiger partial charge in [-0.25, -0.2) is 0 Å². The maximum Gasteiger partial charge on any atom is 0.0459 e. The number of benzene rings is 3. The van der Waals surface area contributed by atoms with E-state index in [1.165, 1.54) is 11.1 Å². The molecule has 0 fully saturated rings. The summed E-state index contributed by atoms with van der Waals surface area (Å²) in [5, 5.41) is 0. The van der Waals surface area contributed by atoms with E-state index in [-0.39, 0.29) is 5.92 Å².